The zero-order valence-corrected chi connectivity index (χ0v) is 23.9. The molecule has 1 N–H and O–H groups in total. The molecule has 1 aromatic heterocycles. The van der Waals surface area contributed by atoms with Gasteiger partial charge in [0.25, 0.3) is 5.91 Å². The number of hydrogen-bond donors (Lipinski definition) is 1. The summed E-state index contributed by atoms with van der Waals surface area (Å²) in [6.45, 7) is 9.23. The average Bonchev–Trinajstić information content (AvgIpc) is 2.87. The van der Waals surface area contributed by atoms with Crippen molar-refractivity contribution in [3.05, 3.63) is 99.7 Å². The van der Waals surface area contributed by atoms with Crippen LogP contribution >= 0.6 is 11.6 Å². The van der Waals surface area contributed by atoms with Crippen LogP contribution in [-0.4, -0.2) is 29.4 Å². The van der Waals surface area contributed by atoms with E-state index in [1.807, 2.05) is 26.0 Å². The van der Waals surface area contributed by atoms with E-state index in [2.05, 4.69) is 10.3 Å². The van der Waals surface area contributed by atoms with Crippen molar-refractivity contribution in [2.75, 3.05) is 12.0 Å². The first kappa shape index (κ1) is 29.0. The fourth-order valence-corrected chi connectivity index (χ4v) is 4.81. The fourth-order valence-electron chi connectivity index (χ4n) is 4.56. The summed E-state index contributed by atoms with van der Waals surface area (Å²) in [6.07, 6.45) is 0. The fraction of sp³-hybridized carbons (Fsp3) is 0.258. The Morgan fingerprint density at radius 2 is 1.73 bits per heavy atom. The van der Waals surface area contributed by atoms with Crippen molar-refractivity contribution in [3.63, 3.8) is 0 Å². The van der Waals surface area contributed by atoms with Crippen LogP contribution in [0.25, 0.3) is 10.9 Å². The monoisotopic (exact) mass is 565 g/mol. The summed E-state index contributed by atoms with van der Waals surface area (Å²) >= 11 is 6.72. The van der Waals surface area contributed by atoms with E-state index in [4.69, 9.17) is 16.3 Å². The van der Waals surface area contributed by atoms with Crippen molar-refractivity contribution >= 4 is 40.0 Å². The second kappa shape index (κ2) is 11.2. The van der Waals surface area contributed by atoms with Gasteiger partial charge in [-0.2, -0.15) is 0 Å². The van der Waals surface area contributed by atoms with E-state index in [1.54, 1.807) is 45.0 Å². The summed E-state index contributed by atoms with van der Waals surface area (Å²) in [5, 5.41) is 3.64. The third-order valence-corrected chi connectivity index (χ3v) is 6.58. The molecule has 3 aromatic carbocycles. The van der Waals surface area contributed by atoms with Gasteiger partial charge in [0.05, 0.1) is 12.6 Å². The van der Waals surface area contributed by atoms with Crippen molar-refractivity contribution in [1.82, 2.24) is 10.3 Å². The minimum Gasteiger partial charge on any atom is -0.497 e. The molecule has 0 aliphatic rings. The van der Waals surface area contributed by atoms with E-state index in [-0.39, 0.29) is 22.0 Å². The van der Waals surface area contributed by atoms with Crippen molar-refractivity contribution in [3.8, 4) is 5.75 Å². The van der Waals surface area contributed by atoms with Crippen LogP contribution in [-0.2, 0) is 4.79 Å². The van der Waals surface area contributed by atoms with Gasteiger partial charge in [0, 0.05) is 33.8 Å². The van der Waals surface area contributed by atoms with E-state index in [9.17, 15) is 18.4 Å². The molecule has 6 nitrogen and oxygen atoms in total. The van der Waals surface area contributed by atoms with Crippen LogP contribution in [0.4, 0.5) is 14.5 Å². The number of methoxy groups -OCH3 is 1. The normalized spacial score (nSPS) is 12.2. The lowest BCUT2D eigenvalue weighted by Crippen LogP contribution is -2.49. The van der Waals surface area contributed by atoms with E-state index >= 15 is 0 Å². The van der Waals surface area contributed by atoms with E-state index in [0.717, 1.165) is 33.5 Å². The number of aromatic nitrogens is 1. The van der Waals surface area contributed by atoms with E-state index in [0.29, 0.717) is 11.3 Å². The number of hydrogen-bond acceptors (Lipinski definition) is 4. The number of ether oxygens (including phenoxy) is 1. The second-order valence-electron chi connectivity index (χ2n) is 10.7. The second-order valence-corrected chi connectivity index (χ2v) is 11.0. The third-order valence-electron chi connectivity index (χ3n) is 6.28. The van der Waals surface area contributed by atoms with Gasteiger partial charge in [0.1, 0.15) is 16.9 Å². The standard InChI is InChI=1S/C31H30ClF2N3O3/c1-17-12-18(2)22-16-23(28(32)35-26(22)13-17)27(29(38)36-31(3,4)5)37(20-10-11-24(33)25(34)15-20)30(39)19-8-7-9-21(14-19)40-6/h7-16,27H,1-6H3,(H,36,38). The molecule has 1 atom stereocenters. The molecule has 0 spiro atoms. The lowest BCUT2D eigenvalue weighted by molar-refractivity contribution is -0.123. The highest BCUT2D eigenvalue weighted by molar-refractivity contribution is 6.31. The van der Waals surface area contributed by atoms with E-state index in [1.165, 1.54) is 19.2 Å². The summed E-state index contributed by atoms with van der Waals surface area (Å²) in [7, 11) is 1.46. The SMILES string of the molecule is COc1cccc(C(=O)N(c2ccc(F)c(F)c2)C(C(=O)NC(C)(C)C)c2cc3c(C)cc(C)cc3nc2Cl)c1. The van der Waals surface area contributed by atoms with Crippen LogP contribution in [0.2, 0.25) is 5.15 Å². The molecule has 0 bridgehead atoms. The highest BCUT2D eigenvalue weighted by atomic mass is 35.5. The van der Waals surface area contributed by atoms with Crippen LogP contribution in [0.5, 0.6) is 5.75 Å². The summed E-state index contributed by atoms with van der Waals surface area (Å²) in [4.78, 5) is 33.9. The molecule has 0 radical (unpaired) electrons. The smallest absolute Gasteiger partial charge is 0.259 e. The Balaban J connectivity index is 2.03. The highest BCUT2D eigenvalue weighted by Gasteiger charge is 2.37. The number of pyridine rings is 1. The number of carbonyl (C=O) groups excluding carboxylic acids is 2. The third kappa shape index (κ3) is 6.07. The van der Waals surface area contributed by atoms with Crippen LogP contribution in [0.15, 0.2) is 60.7 Å². The Hall–Kier alpha value is -4.04. The number of benzene rings is 3. The number of carbonyl (C=O) groups is 2. The number of amides is 2. The minimum absolute atomic E-state index is 0.00224. The molecule has 40 heavy (non-hydrogen) atoms. The average molecular weight is 566 g/mol. The van der Waals surface area contributed by atoms with Gasteiger partial charge in [0.15, 0.2) is 11.6 Å². The molecule has 0 fully saturated rings. The van der Waals surface area contributed by atoms with E-state index < -0.39 is 35.0 Å². The number of rotatable bonds is 6. The van der Waals surface area contributed by atoms with Crippen LogP contribution in [0.3, 0.4) is 0 Å². The van der Waals surface area contributed by atoms with Gasteiger partial charge in [-0.15, -0.1) is 0 Å². The number of nitrogens with zero attached hydrogens (tertiary/aromatic N) is 2. The first-order chi connectivity index (χ1) is 18.8. The predicted octanol–water partition coefficient (Wildman–Crippen LogP) is 7.09. The maximum atomic E-state index is 14.6. The molecule has 2 amide bonds. The van der Waals surface area contributed by atoms with Crippen LogP contribution < -0.4 is 15.0 Å². The zero-order valence-electron chi connectivity index (χ0n) is 23.1. The Morgan fingerprint density at radius 1 is 1.00 bits per heavy atom. The molecule has 9 heteroatoms. The van der Waals surface area contributed by atoms with Crippen molar-refractivity contribution in [1.29, 1.82) is 0 Å². The molecule has 1 heterocycles. The lowest BCUT2D eigenvalue weighted by atomic mass is 9.97. The summed E-state index contributed by atoms with van der Waals surface area (Å²) < 4.78 is 33.9. The van der Waals surface area contributed by atoms with Gasteiger partial charge >= 0.3 is 0 Å². The summed E-state index contributed by atoms with van der Waals surface area (Å²) in [6, 6.07) is 13.5. The molecule has 0 saturated heterocycles. The molecule has 4 rings (SSSR count). The highest BCUT2D eigenvalue weighted by Crippen LogP contribution is 2.36. The van der Waals surface area contributed by atoms with Gasteiger partial charge in [-0.05, 0) is 88.2 Å². The van der Waals surface area contributed by atoms with Crippen molar-refractivity contribution < 1.29 is 23.1 Å². The van der Waals surface area contributed by atoms with Crippen molar-refractivity contribution in [2.45, 2.75) is 46.2 Å². The van der Waals surface area contributed by atoms with Gasteiger partial charge in [-0.3, -0.25) is 14.5 Å². The van der Waals surface area contributed by atoms with Gasteiger partial charge < -0.3 is 10.1 Å². The maximum Gasteiger partial charge on any atom is 0.259 e. The number of halogens is 3. The lowest BCUT2D eigenvalue weighted by Gasteiger charge is -2.34. The number of aryl methyl sites for hydroxylation is 2. The molecule has 4 aromatic rings. The van der Waals surface area contributed by atoms with Gasteiger partial charge in [-0.25, -0.2) is 13.8 Å². The predicted molar refractivity (Wildman–Crippen MR) is 153 cm³/mol. The van der Waals surface area contributed by atoms with Crippen molar-refractivity contribution in [2.24, 2.45) is 0 Å². The maximum absolute atomic E-state index is 14.6. The zero-order chi connectivity index (χ0) is 29.4. The van der Waals surface area contributed by atoms with Gasteiger partial charge in [0.2, 0.25) is 5.91 Å². The quantitative estimate of drug-likeness (QED) is 0.253. The van der Waals surface area contributed by atoms with Crippen LogP contribution in [0.1, 0.15) is 53.9 Å². The van der Waals surface area contributed by atoms with Gasteiger partial charge in [-0.1, -0.05) is 23.7 Å². The molecular formula is C31H30ClF2N3O3. The number of anilines is 1. The topological polar surface area (TPSA) is 71.5 Å². The van der Waals surface area contributed by atoms with Crippen LogP contribution in [0, 0.1) is 25.5 Å². The molecular weight excluding hydrogens is 536 g/mol. The molecule has 0 aliphatic heterocycles. The first-order valence-corrected chi connectivity index (χ1v) is 13.0. The molecule has 1 unspecified atom stereocenters. The first-order valence-electron chi connectivity index (χ1n) is 12.6. The molecule has 208 valence electrons. The molecule has 0 aliphatic carbocycles. The molecule has 0 saturated carbocycles. The summed E-state index contributed by atoms with van der Waals surface area (Å²) in [5.74, 6) is -3.10. The Bertz CT molecular complexity index is 1620. The number of nitrogens with one attached hydrogen (secondary N) is 1. The Labute approximate surface area is 236 Å². The Morgan fingerprint density at radius 3 is 2.38 bits per heavy atom. The number of fused-ring (bicyclic) bond motifs is 1. The minimum atomic E-state index is -1.40. The Kier molecular flexibility index (Phi) is 8.12. The summed E-state index contributed by atoms with van der Waals surface area (Å²) in [5.41, 5.74) is 2.15. The largest absolute Gasteiger partial charge is 0.497 e.